The Morgan fingerprint density at radius 1 is 0.682 bits per heavy atom. The zero-order chi connectivity index (χ0) is 15.2. The molecule has 0 saturated carbocycles. The van der Waals surface area contributed by atoms with Crippen LogP contribution in [0.5, 0.6) is 5.75 Å². The maximum Gasteiger partial charge on any atom is 0.119 e. The van der Waals surface area contributed by atoms with Gasteiger partial charge in [-0.2, -0.15) is 0 Å². The molecule has 0 aliphatic heterocycles. The molecule has 3 aromatic rings. The number of hydrogen-bond acceptors (Lipinski definition) is 2. The van der Waals surface area contributed by atoms with E-state index in [-0.39, 0.29) is 0 Å². The van der Waals surface area contributed by atoms with E-state index in [0.717, 1.165) is 28.3 Å². The number of rotatable bonds is 4. The number of benzene rings is 3. The van der Waals surface area contributed by atoms with E-state index in [0.29, 0.717) is 0 Å². The second-order valence-corrected chi connectivity index (χ2v) is 4.89. The molecule has 108 valence electrons. The van der Waals surface area contributed by atoms with Crippen LogP contribution in [-0.4, -0.2) is 12.8 Å². The van der Waals surface area contributed by atoms with Gasteiger partial charge >= 0.3 is 0 Å². The molecule has 2 nitrogen and oxygen atoms in total. The third kappa shape index (κ3) is 3.23. The topological polar surface area (TPSA) is 21.6 Å². The van der Waals surface area contributed by atoms with Crippen LogP contribution < -0.4 is 4.74 Å². The SMILES string of the molecule is COc1ccc(N=C(c2ccccc2)c2ccccc2)cc1. The lowest BCUT2D eigenvalue weighted by Gasteiger charge is -2.08. The summed E-state index contributed by atoms with van der Waals surface area (Å²) in [5.41, 5.74) is 4.07. The van der Waals surface area contributed by atoms with Crippen LogP contribution in [0.3, 0.4) is 0 Å². The van der Waals surface area contributed by atoms with Crippen molar-refractivity contribution in [2.75, 3.05) is 7.11 Å². The van der Waals surface area contributed by atoms with Crippen LogP contribution in [0.2, 0.25) is 0 Å². The third-order valence-corrected chi connectivity index (χ3v) is 3.41. The van der Waals surface area contributed by atoms with Crippen LogP contribution in [0.25, 0.3) is 0 Å². The highest BCUT2D eigenvalue weighted by Gasteiger charge is 2.06. The van der Waals surface area contributed by atoms with Gasteiger partial charge in [0.1, 0.15) is 5.75 Å². The number of aliphatic imine (C=N–C) groups is 1. The molecule has 0 aliphatic carbocycles. The zero-order valence-electron chi connectivity index (χ0n) is 12.4. The van der Waals surface area contributed by atoms with Crippen molar-refractivity contribution >= 4 is 11.4 Å². The summed E-state index contributed by atoms with van der Waals surface area (Å²) in [5, 5.41) is 0. The predicted octanol–water partition coefficient (Wildman–Crippen LogP) is 4.86. The van der Waals surface area contributed by atoms with Crippen LogP contribution in [0.4, 0.5) is 5.69 Å². The van der Waals surface area contributed by atoms with Crippen molar-refractivity contribution in [2.24, 2.45) is 4.99 Å². The summed E-state index contributed by atoms with van der Waals surface area (Å²) in [6.45, 7) is 0. The minimum absolute atomic E-state index is 0.833. The van der Waals surface area contributed by atoms with E-state index >= 15 is 0 Å². The molecule has 0 bridgehead atoms. The maximum atomic E-state index is 5.19. The highest BCUT2D eigenvalue weighted by atomic mass is 16.5. The summed E-state index contributed by atoms with van der Waals surface area (Å²) in [4.78, 5) is 4.84. The number of hydrogen-bond donors (Lipinski definition) is 0. The van der Waals surface area contributed by atoms with Crippen LogP contribution in [0.1, 0.15) is 11.1 Å². The van der Waals surface area contributed by atoms with Crippen molar-refractivity contribution < 1.29 is 4.74 Å². The lowest BCUT2D eigenvalue weighted by Crippen LogP contribution is -2.02. The second kappa shape index (κ2) is 6.72. The Balaban J connectivity index is 2.06. The Kier molecular flexibility index (Phi) is 4.30. The number of nitrogens with zero attached hydrogens (tertiary/aromatic N) is 1. The van der Waals surface area contributed by atoms with E-state index in [1.807, 2.05) is 60.7 Å². The first kappa shape index (κ1) is 14.1. The molecule has 0 radical (unpaired) electrons. The molecule has 0 saturated heterocycles. The Hall–Kier alpha value is -2.87. The van der Waals surface area contributed by atoms with Crippen molar-refractivity contribution in [2.45, 2.75) is 0 Å². The van der Waals surface area contributed by atoms with Crippen LogP contribution in [-0.2, 0) is 0 Å². The van der Waals surface area contributed by atoms with E-state index in [9.17, 15) is 0 Å². The molecule has 0 fully saturated rings. The van der Waals surface area contributed by atoms with Gasteiger partial charge in [0.05, 0.1) is 18.5 Å². The lowest BCUT2D eigenvalue weighted by molar-refractivity contribution is 0.415. The average molecular weight is 287 g/mol. The first-order chi connectivity index (χ1) is 10.9. The predicted molar refractivity (Wildman–Crippen MR) is 91.2 cm³/mol. The van der Waals surface area contributed by atoms with Gasteiger partial charge in [-0.15, -0.1) is 0 Å². The fourth-order valence-corrected chi connectivity index (χ4v) is 2.27. The molecular formula is C20H17NO. The van der Waals surface area contributed by atoms with E-state index in [2.05, 4.69) is 24.3 Å². The summed E-state index contributed by atoms with van der Waals surface area (Å²) in [6.07, 6.45) is 0. The van der Waals surface area contributed by atoms with Crippen molar-refractivity contribution in [3.63, 3.8) is 0 Å². The third-order valence-electron chi connectivity index (χ3n) is 3.41. The Morgan fingerprint density at radius 2 is 1.18 bits per heavy atom. The van der Waals surface area contributed by atoms with Gasteiger partial charge in [0.15, 0.2) is 0 Å². The minimum atomic E-state index is 0.833. The molecule has 0 aromatic heterocycles. The van der Waals surface area contributed by atoms with Crippen molar-refractivity contribution in [3.05, 3.63) is 96.1 Å². The summed E-state index contributed by atoms with van der Waals surface area (Å²) >= 11 is 0. The van der Waals surface area contributed by atoms with Gasteiger partial charge in [0, 0.05) is 11.1 Å². The van der Waals surface area contributed by atoms with Gasteiger partial charge < -0.3 is 4.74 Å². The molecule has 0 amide bonds. The zero-order valence-corrected chi connectivity index (χ0v) is 12.4. The molecule has 3 rings (SSSR count). The second-order valence-electron chi connectivity index (χ2n) is 4.89. The van der Waals surface area contributed by atoms with Crippen molar-refractivity contribution in [1.82, 2.24) is 0 Å². The molecule has 0 unspecified atom stereocenters. The lowest BCUT2D eigenvalue weighted by atomic mass is 10.0. The smallest absolute Gasteiger partial charge is 0.119 e. The fraction of sp³-hybridized carbons (Fsp3) is 0.0500. The average Bonchev–Trinajstić information content (AvgIpc) is 2.62. The standard InChI is InChI=1S/C20H17NO/c1-22-19-14-12-18(13-15-19)21-20(16-8-4-2-5-9-16)17-10-6-3-7-11-17/h2-15H,1H3. The molecule has 0 spiro atoms. The first-order valence-electron chi connectivity index (χ1n) is 7.20. The molecule has 2 heteroatoms. The van der Waals surface area contributed by atoms with Crippen molar-refractivity contribution in [1.29, 1.82) is 0 Å². The van der Waals surface area contributed by atoms with Crippen molar-refractivity contribution in [3.8, 4) is 5.75 Å². The van der Waals surface area contributed by atoms with Gasteiger partial charge in [-0.25, -0.2) is 4.99 Å². The summed E-state index contributed by atoms with van der Waals surface area (Å²) in [5.74, 6) is 0.833. The van der Waals surface area contributed by atoms with Crippen LogP contribution >= 0.6 is 0 Å². The van der Waals surface area contributed by atoms with E-state index in [1.165, 1.54) is 0 Å². The monoisotopic (exact) mass is 287 g/mol. The molecule has 0 aliphatic rings. The van der Waals surface area contributed by atoms with Crippen LogP contribution in [0, 0.1) is 0 Å². The summed E-state index contributed by atoms with van der Waals surface area (Å²) < 4.78 is 5.19. The Bertz CT molecular complexity index is 705. The molecular weight excluding hydrogens is 270 g/mol. The molecule has 3 aromatic carbocycles. The Labute approximate surface area is 130 Å². The minimum Gasteiger partial charge on any atom is -0.497 e. The molecule has 22 heavy (non-hydrogen) atoms. The normalized spacial score (nSPS) is 10.0. The molecule has 0 atom stereocenters. The van der Waals surface area contributed by atoms with E-state index in [4.69, 9.17) is 9.73 Å². The van der Waals surface area contributed by atoms with Crippen LogP contribution in [0.15, 0.2) is 89.9 Å². The quantitative estimate of drug-likeness (QED) is 0.628. The van der Waals surface area contributed by atoms with E-state index in [1.54, 1.807) is 7.11 Å². The first-order valence-corrected chi connectivity index (χ1v) is 7.20. The summed E-state index contributed by atoms with van der Waals surface area (Å²) in [7, 11) is 1.66. The van der Waals surface area contributed by atoms with Gasteiger partial charge in [-0.05, 0) is 24.3 Å². The van der Waals surface area contributed by atoms with E-state index < -0.39 is 0 Å². The molecule has 0 N–H and O–H groups in total. The number of methoxy groups -OCH3 is 1. The highest BCUT2D eigenvalue weighted by Crippen LogP contribution is 2.21. The van der Waals surface area contributed by atoms with Gasteiger partial charge in [0.25, 0.3) is 0 Å². The fourth-order valence-electron chi connectivity index (χ4n) is 2.27. The van der Waals surface area contributed by atoms with Gasteiger partial charge in [-0.3, -0.25) is 0 Å². The summed E-state index contributed by atoms with van der Waals surface area (Å²) in [6, 6.07) is 28.2. The largest absolute Gasteiger partial charge is 0.497 e. The van der Waals surface area contributed by atoms with Gasteiger partial charge in [0.2, 0.25) is 0 Å². The number of ether oxygens (including phenoxy) is 1. The maximum absolute atomic E-state index is 5.19. The molecule has 0 heterocycles. The Morgan fingerprint density at radius 3 is 1.64 bits per heavy atom. The highest BCUT2D eigenvalue weighted by molar-refractivity contribution is 6.13. The van der Waals surface area contributed by atoms with Gasteiger partial charge in [-0.1, -0.05) is 60.7 Å².